The Bertz CT molecular complexity index is 1130. The number of hydrogen-bond acceptors (Lipinski definition) is 7. The number of aryl methyl sites for hydroxylation is 1. The molecule has 4 rings (SSSR count). The number of rotatable bonds is 9. The molecular formula is C31H45ClN6O. The predicted octanol–water partition coefficient (Wildman–Crippen LogP) is 5.47. The fraction of sp³-hybridized carbons (Fsp3) is 0.548. The number of anilines is 1. The van der Waals surface area contributed by atoms with Crippen LogP contribution in [0.2, 0.25) is 5.02 Å². The molecule has 39 heavy (non-hydrogen) atoms. The number of aromatic nitrogens is 1. The zero-order valence-corrected chi connectivity index (χ0v) is 25.0. The number of likely N-dealkylation sites (tertiary alicyclic amines) is 1. The van der Waals surface area contributed by atoms with Crippen LogP contribution in [0.25, 0.3) is 0 Å². The predicted molar refractivity (Wildman–Crippen MR) is 163 cm³/mol. The Morgan fingerprint density at radius 2 is 1.85 bits per heavy atom. The minimum atomic E-state index is 0.412. The molecule has 212 valence electrons. The second-order valence-electron chi connectivity index (χ2n) is 10.8. The third-order valence-electron chi connectivity index (χ3n) is 8.08. The Labute approximate surface area is 239 Å². The number of hydrogen-bond donors (Lipinski definition) is 1. The lowest BCUT2D eigenvalue weighted by atomic mass is 9.95. The van der Waals surface area contributed by atoms with Gasteiger partial charge in [-0.1, -0.05) is 30.7 Å². The van der Waals surface area contributed by atoms with Gasteiger partial charge in [0.05, 0.1) is 11.4 Å². The van der Waals surface area contributed by atoms with Gasteiger partial charge in [-0.3, -0.25) is 14.8 Å². The maximum absolute atomic E-state index is 6.07. The number of nitrogens with one attached hydrogen (secondary N) is 1. The molecule has 0 aliphatic carbocycles. The van der Waals surface area contributed by atoms with E-state index in [2.05, 4.69) is 70.6 Å². The summed E-state index contributed by atoms with van der Waals surface area (Å²) in [6.45, 7) is 18.8. The molecule has 2 aliphatic rings. The highest BCUT2D eigenvalue weighted by molar-refractivity contribution is 6.30. The Kier molecular flexibility index (Phi) is 10.3. The molecule has 1 aromatic heterocycles. The molecule has 2 saturated heterocycles. The normalized spacial score (nSPS) is 21.7. The van der Waals surface area contributed by atoms with Crippen LogP contribution in [-0.4, -0.2) is 78.6 Å². The van der Waals surface area contributed by atoms with Crippen molar-refractivity contribution in [2.75, 3.05) is 44.7 Å². The van der Waals surface area contributed by atoms with Crippen molar-refractivity contribution in [1.29, 1.82) is 0 Å². The highest BCUT2D eigenvalue weighted by Crippen LogP contribution is 2.31. The van der Waals surface area contributed by atoms with Gasteiger partial charge < -0.3 is 15.0 Å². The molecule has 2 aliphatic heterocycles. The lowest BCUT2D eigenvalue weighted by Gasteiger charge is -2.51. The number of ether oxygens (including phenoxy) is 1. The van der Waals surface area contributed by atoms with Crippen LogP contribution in [0.1, 0.15) is 57.0 Å². The van der Waals surface area contributed by atoms with Gasteiger partial charge in [0.15, 0.2) is 5.88 Å². The topological polar surface area (TPSA) is 56.2 Å². The van der Waals surface area contributed by atoms with Crippen LogP contribution in [0.15, 0.2) is 53.9 Å². The van der Waals surface area contributed by atoms with Crippen molar-refractivity contribution in [2.24, 2.45) is 4.99 Å². The Morgan fingerprint density at radius 1 is 1.13 bits per heavy atom. The van der Waals surface area contributed by atoms with Crippen molar-refractivity contribution >= 4 is 23.2 Å². The third-order valence-corrected chi connectivity index (χ3v) is 8.34. The number of halogens is 1. The Hall–Kier alpha value is -2.61. The van der Waals surface area contributed by atoms with Crippen LogP contribution in [0.5, 0.6) is 0 Å². The van der Waals surface area contributed by atoms with E-state index in [0.29, 0.717) is 29.9 Å². The quantitative estimate of drug-likeness (QED) is 0.253. The summed E-state index contributed by atoms with van der Waals surface area (Å²) < 4.78 is 5.80. The summed E-state index contributed by atoms with van der Waals surface area (Å²) in [5.41, 5.74) is 4.26. The minimum absolute atomic E-state index is 0.412. The van der Waals surface area contributed by atoms with Gasteiger partial charge in [-0.15, -0.1) is 0 Å². The van der Waals surface area contributed by atoms with E-state index in [9.17, 15) is 0 Å². The largest absolute Gasteiger partial charge is 0.422 e. The van der Waals surface area contributed by atoms with Gasteiger partial charge in [0.1, 0.15) is 5.69 Å². The first-order valence-electron chi connectivity index (χ1n) is 14.4. The second kappa shape index (κ2) is 13.6. The molecule has 0 radical (unpaired) electrons. The summed E-state index contributed by atoms with van der Waals surface area (Å²) in [5, 5.41) is 3.88. The Morgan fingerprint density at radius 3 is 2.46 bits per heavy atom. The molecule has 2 aromatic rings. The number of aliphatic imine (C=N–C) groups is 1. The van der Waals surface area contributed by atoms with Gasteiger partial charge in [-0.05, 0) is 89.5 Å². The lowest BCUT2D eigenvalue weighted by Crippen LogP contribution is -2.61. The summed E-state index contributed by atoms with van der Waals surface area (Å²) in [7, 11) is 1.72. The van der Waals surface area contributed by atoms with Gasteiger partial charge in [0.25, 0.3) is 0 Å². The SMILES string of the molecule is C=C(NCC)OC(=NC)c1ccc(N2C[C@H](CC)N(C3CCN(Cc4ccc(Cl)cc4)CC3)C[C@H]2C)c(C)n1. The van der Waals surface area contributed by atoms with Crippen molar-refractivity contribution < 1.29 is 4.74 Å². The zero-order valence-electron chi connectivity index (χ0n) is 24.3. The summed E-state index contributed by atoms with van der Waals surface area (Å²) in [4.78, 5) is 17.1. The van der Waals surface area contributed by atoms with E-state index >= 15 is 0 Å². The standard InChI is InChI=1S/C31H45ClN6O/c1-7-27-21-37(30-14-13-29(35-23(30)4)31(33-6)39-24(5)34-8-2)22(3)19-38(27)28-15-17-36(18-16-28)20-25-9-11-26(32)12-10-25/h9-14,22,27-28,34H,5,7-8,15-21H2,1-4,6H3/t22-,27+/m1/s1. The van der Waals surface area contributed by atoms with Crippen LogP contribution < -0.4 is 10.2 Å². The first-order chi connectivity index (χ1) is 18.8. The van der Waals surface area contributed by atoms with Crippen LogP contribution in [0.3, 0.4) is 0 Å². The summed E-state index contributed by atoms with van der Waals surface area (Å²) >= 11 is 6.07. The fourth-order valence-corrected chi connectivity index (χ4v) is 6.13. The lowest BCUT2D eigenvalue weighted by molar-refractivity contribution is 0.0507. The molecule has 0 unspecified atom stereocenters. The second-order valence-corrected chi connectivity index (χ2v) is 11.2. The molecule has 0 bridgehead atoms. The van der Waals surface area contributed by atoms with Crippen molar-refractivity contribution in [3.8, 4) is 0 Å². The smallest absolute Gasteiger partial charge is 0.242 e. The van der Waals surface area contributed by atoms with Gasteiger partial charge in [0.2, 0.25) is 5.90 Å². The minimum Gasteiger partial charge on any atom is -0.422 e. The first-order valence-corrected chi connectivity index (χ1v) is 14.7. The maximum Gasteiger partial charge on any atom is 0.242 e. The third kappa shape index (κ3) is 7.33. The highest BCUT2D eigenvalue weighted by atomic mass is 35.5. The molecule has 1 N–H and O–H groups in total. The summed E-state index contributed by atoms with van der Waals surface area (Å²) in [6, 6.07) is 14.1. The zero-order chi connectivity index (χ0) is 27.9. The molecule has 1 aromatic carbocycles. The molecular weight excluding hydrogens is 508 g/mol. The summed E-state index contributed by atoms with van der Waals surface area (Å²) in [6.07, 6.45) is 3.60. The molecule has 0 spiro atoms. The van der Waals surface area contributed by atoms with E-state index in [-0.39, 0.29) is 0 Å². The number of nitrogens with zero attached hydrogens (tertiary/aromatic N) is 5. The van der Waals surface area contributed by atoms with Gasteiger partial charge in [-0.2, -0.15) is 0 Å². The van der Waals surface area contributed by atoms with E-state index in [1.807, 2.05) is 25.1 Å². The number of pyridine rings is 1. The van der Waals surface area contributed by atoms with Crippen molar-refractivity contribution in [3.05, 3.63) is 70.8 Å². The summed E-state index contributed by atoms with van der Waals surface area (Å²) in [5.74, 6) is 0.954. The molecule has 2 fully saturated rings. The number of piperazine rings is 1. The average molecular weight is 553 g/mol. The average Bonchev–Trinajstić information content (AvgIpc) is 2.93. The van der Waals surface area contributed by atoms with Gasteiger partial charge in [0, 0.05) is 56.4 Å². The van der Waals surface area contributed by atoms with Gasteiger partial charge in [-0.25, -0.2) is 4.98 Å². The number of piperidine rings is 1. The highest BCUT2D eigenvalue weighted by Gasteiger charge is 2.36. The van der Waals surface area contributed by atoms with Crippen molar-refractivity contribution in [2.45, 2.75) is 71.6 Å². The maximum atomic E-state index is 6.07. The monoisotopic (exact) mass is 552 g/mol. The van der Waals surface area contributed by atoms with E-state index in [0.717, 1.165) is 62.1 Å². The Balaban J connectivity index is 1.38. The van der Waals surface area contributed by atoms with Crippen molar-refractivity contribution in [1.82, 2.24) is 20.1 Å². The molecule has 7 nitrogen and oxygen atoms in total. The van der Waals surface area contributed by atoms with Crippen LogP contribution in [0.4, 0.5) is 5.69 Å². The molecule has 0 amide bonds. The van der Waals surface area contributed by atoms with E-state index in [1.165, 1.54) is 24.1 Å². The van der Waals surface area contributed by atoms with Crippen LogP contribution in [0, 0.1) is 6.92 Å². The van der Waals surface area contributed by atoms with E-state index < -0.39 is 0 Å². The van der Waals surface area contributed by atoms with E-state index in [4.69, 9.17) is 21.3 Å². The molecule has 3 heterocycles. The molecule has 8 heteroatoms. The van der Waals surface area contributed by atoms with E-state index in [1.54, 1.807) is 7.05 Å². The van der Waals surface area contributed by atoms with Gasteiger partial charge >= 0.3 is 0 Å². The van der Waals surface area contributed by atoms with Crippen LogP contribution >= 0.6 is 11.6 Å². The molecule has 2 atom stereocenters. The molecule has 0 saturated carbocycles. The first kappa shape index (κ1) is 29.4. The van der Waals surface area contributed by atoms with Crippen molar-refractivity contribution in [3.63, 3.8) is 0 Å². The van der Waals surface area contributed by atoms with Crippen LogP contribution in [-0.2, 0) is 11.3 Å². The fourth-order valence-electron chi connectivity index (χ4n) is 6.01. The number of benzene rings is 1.